The standard InChI is InChI=1S/C20H22ClN3O4/c21-17-3-1-2-4-18(17)27-15-7-9-23(10-8-15)19-6-5-14(11-22-19)24-12-16(13-25)28-20(24)26/h1-6,11,15-16,25H,7-10,12-13H2/t16-/m1/s1. The van der Waals surface area contributed by atoms with E-state index in [9.17, 15) is 4.79 Å². The summed E-state index contributed by atoms with van der Waals surface area (Å²) in [6.07, 6.45) is 2.62. The number of amides is 1. The highest BCUT2D eigenvalue weighted by molar-refractivity contribution is 6.32. The molecule has 2 aromatic rings. The van der Waals surface area contributed by atoms with Gasteiger partial charge in [0.1, 0.15) is 23.8 Å². The summed E-state index contributed by atoms with van der Waals surface area (Å²) >= 11 is 6.17. The van der Waals surface area contributed by atoms with Gasteiger partial charge in [0, 0.05) is 25.9 Å². The molecule has 8 heteroatoms. The Hall–Kier alpha value is -2.51. The quantitative estimate of drug-likeness (QED) is 0.826. The number of pyridine rings is 1. The van der Waals surface area contributed by atoms with Crippen LogP contribution < -0.4 is 14.5 Å². The van der Waals surface area contributed by atoms with E-state index in [4.69, 9.17) is 26.2 Å². The van der Waals surface area contributed by atoms with E-state index < -0.39 is 12.2 Å². The molecule has 1 N–H and O–H groups in total. The first kappa shape index (κ1) is 18.8. The summed E-state index contributed by atoms with van der Waals surface area (Å²) in [7, 11) is 0. The molecule has 0 saturated carbocycles. The number of rotatable bonds is 5. The van der Waals surface area contributed by atoms with Gasteiger partial charge in [0.05, 0.1) is 30.1 Å². The lowest BCUT2D eigenvalue weighted by Crippen LogP contribution is -2.38. The fourth-order valence-corrected chi connectivity index (χ4v) is 3.66. The molecule has 1 aromatic heterocycles. The molecule has 0 unspecified atom stereocenters. The van der Waals surface area contributed by atoms with Gasteiger partial charge in [-0.3, -0.25) is 4.90 Å². The fraction of sp³-hybridized carbons (Fsp3) is 0.400. The SMILES string of the molecule is O=C1O[C@@H](CO)CN1c1ccc(N2CCC(Oc3ccccc3Cl)CC2)nc1. The Morgan fingerprint density at radius 1 is 1.21 bits per heavy atom. The number of aromatic nitrogens is 1. The zero-order valence-electron chi connectivity index (χ0n) is 15.3. The maximum atomic E-state index is 11.9. The number of hydrogen-bond donors (Lipinski definition) is 1. The van der Waals surface area contributed by atoms with Crippen molar-refractivity contribution >= 4 is 29.2 Å². The van der Waals surface area contributed by atoms with E-state index in [1.807, 2.05) is 36.4 Å². The van der Waals surface area contributed by atoms with Crippen LogP contribution >= 0.6 is 11.6 Å². The first-order valence-electron chi connectivity index (χ1n) is 9.35. The first-order chi connectivity index (χ1) is 13.6. The Labute approximate surface area is 168 Å². The summed E-state index contributed by atoms with van der Waals surface area (Å²) in [4.78, 5) is 20.1. The van der Waals surface area contributed by atoms with Crippen LogP contribution in [0.25, 0.3) is 0 Å². The summed E-state index contributed by atoms with van der Waals surface area (Å²) in [6.45, 7) is 1.82. The third-order valence-corrected chi connectivity index (χ3v) is 5.33. The third kappa shape index (κ3) is 4.00. The lowest BCUT2D eigenvalue weighted by Gasteiger charge is -2.33. The Balaban J connectivity index is 1.34. The molecule has 0 aliphatic carbocycles. The summed E-state index contributed by atoms with van der Waals surface area (Å²) in [6, 6.07) is 11.3. The van der Waals surface area contributed by atoms with Crippen molar-refractivity contribution in [2.45, 2.75) is 25.0 Å². The number of anilines is 2. The molecular weight excluding hydrogens is 382 g/mol. The van der Waals surface area contributed by atoms with Gasteiger partial charge in [-0.15, -0.1) is 0 Å². The number of aliphatic hydroxyl groups excluding tert-OH is 1. The van der Waals surface area contributed by atoms with E-state index >= 15 is 0 Å². The molecule has 7 nitrogen and oxygen atoms in total. The van der Waals surface area contributed by atoms with E-state index in [0.29, 0.717) is 17.3 Å². The Bertz CT molecular complexity index is 824. The van der Waals surface area contributed by atoms with Gasteiger partial charge in [-0.25, -0.2) is 9.78 Å². The normalized spacial score (nSPS) is 20.4. The van der Waals surface area contributed by atoms with E-state index in [1.54, 1.807) is 6.20 Å². The van der Waals surface area contributed by atoms with Gasteiger partial charge in [0.15, 0.2) is 0 Å². The van der Waals surface area contributed by atoms with E-state index in [0.717, 1.165) is 37.5 Å². The number of carbonyl (C=O) groups excluding carboxylic acids is 1. The van der Waals surface area contributed by atoms with Crippen molar-refractivity contribution in [3.63, 3.8) is 0 Å². The van der Waals surface area contributed by atoms with E-state index in [2.05, 4.69) is 9.88 Å². The van der Waals surface area contributed by atoms with Crippen molar-refractivity contribution in [1.29, 1.82) is 0 Å². The number of ether oxygens (including phenoxy) is 2. The molecule has 3 heterocycles. The lowest BCUT2D eigenvalue weighted by molar-refractivity contribution is 0.0963. The van der Waals surface area contributed by atoms with Crippen LogP contribution in [-0.2, 0) is 4.74 Å². The average Bonchev–Trinajstić information content (AvgIpc) is 3.11. The number of nitrogens with zero attached hydrogens (tertiary/aromatic N) is 3. The van der Waals surface area contributed by atoms with Gasteiger partial charge in [0.2, 0.25) is 0 Å². The highest BCUT2D eigenvalue weighted by Gasteiger charge is 2.32. The van der Waals surface area contributed by atoms with Crippen LogP contribution in [0.3, 0.4) is 0 Å². The van der Waals surface area contributed by atoms with Gasteiger partial charge in [-0.05, 0) is 24.3 Å². The van der Waals surface area contributed by atoms with Crippen molar-refractivity contribution in [3.05, 3.63) is 47.6 Å². The highest BCUT2D eigenvalue weighted by Crippen LogP contribution is 2.28. The molecular formula is C20H22ClN3O4. The zero-order valence-corrected chi connectivity index (χ0v) is 16.1. The number of para-hydroxylation sites is 1. The molecule has 1 amide bonds. The molecule has 2 saturated heterocycles. The summed E-state index contributed by atoms with van der Waals surface area (Å²) in [5.74, 6) is 1.59. The molecule has 0 radical (unpaired) electrons. The van der Waals surface area contributed by atoms with Crippen molar-refractivity contribution < 1.29 is 19.4 Å². The van der Waals surface area contributed by atoms with Crippen LogP contribution in [0.1, 0.15) is 12.8 Å². The van der Waals surface area contributed by atoms with Crippen LogP contribution in [-0.4, -0.2) is 54.6 Å². The molecule has 1 aromatic carbocycles. The van der Waals surface area contributed by atoms with Crippen molar-refractivity contribution in [2.24, 2.45) is 0 Å². The van der Waals surface area contributed by atoms with Crippen LogP contribution in [0.5, 0.6) is 5.75 Å². The minimum absolute atomic E-state index is 0.130. The molecule has 0 bridgehead atoms. The number of piperidine rings is 1. The number of carbonyl (C=O) groups is 1. The molecule has 28 heavy (non-hydrogen) atoms. The molecule has 2 aliphatic heterocycles. The van der Waals surface area contributed by atoms with E-state index in [1.165, 1.54) is 4.90 Å². The fourth-order valence-electron chi connectivity index (χ4n) is 3.48. The maximum absolute atomic E-state index is 11.9. The average molecular weight is 404 g/mol. The molecule has 2 fully saturated rings. The Morgan fingerprint density at radius 3 is 2.64 bits per heavy atom. The van der Waals surface area contributed by atoms with Crippen LogP contribution in [0, 0.1) is 0 Å². The number of halogens is 1. The van der Waals surface area contributed by atoms with Crippen molar-refractivity contribution in [2.75, 3.05) is 36.0 Å². The van der Waals surface area contributed by atoms with Gasteiger partial charge in [-0.1, -0.05) is 23.7 Å². The molecule has 4 rings (SSSR count). The second kappa shape index (κ2) is 8.24. The molecule has 2 aliphatic rings. The number of cyclic esters (lactones) is 1. The van der Waals surface area contributed by atoms with Gasteiger partial charge in [0.25, 0.3) is 0 Å². The predicted molar refractivity (Wildman–Crippen MR) is 106 cm³/mol. The third-order valence-electron chi connectivity index (χ3n) is 5.02. The summed E-state index contributed by atoms with van der Waals surface area (Å²) < 4.78 is 11.1. The predicted octanol–water partition coefficient (Wildman–Crippen LogP) is 3.10. The number of hydrogen-bond acceptors (Lipinski definition) is 6. The minimum Gasteiger partial charge on any atom is -0.489 e. The second-order valence-corrected chi connectivity index (χ2v) is 7.32. The summed E-state index contributed by atoms with van der Waals surface area (Å²) in [5, 5.41) is 9.78. The Morgan fingerprint density at radius 2 is 2.00 bits per heavy atom. The smallest absolute Gasteiger partial charge is 0.414 e. The Kier molecular flexibility index (Phi) is 5.54. The second-order valence-electron chi connectivity index (χ2n) is 6.91. The van der Waals surface area contributed by atoms with E-state index in [-0.39, 0.29) is 12.7 Å². The number of aliphatic hydroxyl groups is 1. The molecule has 148 valence electrons. The first-order valence-corrected chi connectivity index (χ1v) is 9.73. The summed E-state index contributed by atoms with van der Waals surface area (Å²) in [5.41, 5.74) is 0.668. The largest absolute Gasteiger partial charge is 0.489 e. The van der Waals surface area contributed by atoms with Crippen LogP contribution in [0.4, 0.5) is 16.3 Å². The van der Waals surface area contributed by atoms with Crippen molar-refractivity contribution in [3.8, 4) is 5.75 Å². The highest BCUT2D eigenvalue weighted by atomic mass is 35.5. The molecule has 0 spiro atoms. The van der Waals surface area contributed by atoms with Crippen LogP contribution in [0.2, 0.25) is 5.02 Å². The zero-order chi connectivity index (χ0) is 19.5. The van der Waals surface area contributed by atoms with Crippen LogP contribution in [0.15, 0.2) is 42.6 Å². The minimum atomic E-state index is -0.482. The number of benzene rings is 1. The van der Waals surface area contributed by atoms with Crippen molar-refractivity contribution in [1.82, 2.24) is 4.98 Å². The van der Waals surface area contributed by atoms with Gasteiger partial charge < -0.3 is 19.5 Å². The van der Waals surface area contributed by atoms with Gasteiger partial charge >= 0.3 is 6.09 Å². The monoisotopic (exact) mass is 403 g/mol. The topological polar surface area (TPSA) is 75.1 Å². The molecule has 1 atom stereocenters. The lowest BCUT2D eigenvalue weighted by atomic mass is 10.1. The maximum Gasteiger partial charge on any atom is 0.414 e. The van der Waals surface area contributed by atoms with Gasteiger partial charge in [-0.2, -0.15) is 0 Å².